The Morgan fingerprint density at radius 2 is 2.14 bits per heavy atom. The zero-order chi connectivity index (χ0) is 15.4. The van der Waals surface area contributed by atoms with Crippen molar-refractivity contribution in [2.45, 2.75) is 6.54 Å². The number of pyridine rings is 1. The van der Waals surface area contributed by atoms with Gasteiger partial charge in [0.05, 0.1) is 21.3 Å². The number of amidine groups is 1. The molecule has 2 heterocycles. The van der Waals surface area contributed by atoms with Crippen molar-refractivity contribution in [3.63, 3.8) is 0 Å². The molecular weight excluding hydrogens is 294 g/mol. The molecule has 0 aliphatic rings. The highest BCUT2D eigenvalue weighted by Gasteiger charge is 2.09. The maximum Gasteiger partial charge on any atom is 0.137 e. The first kappa shape index (κ1) is 14.5. The topological polar surface area (TPSA) is 62.2 Å². The minimum absolute atomic E-state index is 0.672. The lowest BCUT2D eigenvalue weighted by molar-refractivity contribution is 1.10. The highest BCUT2D eigenvalue weighted by atomic mass is 32.1. The lowest BCUT2D eigenvalue weighted by Gasteiger charge is -2.12. The van der Waals surface area contributed by atoms with Crippen LogP contribution in [0, 0.1) is 0 Å². The number of nitrogens with one attached hydrogen (secondary N) is 2. The third kappa shape index (κ3) is 2.78. The molecule has 2 N–H and O–H groups in total. The smallest absolute Gasteiger partial charge is 0.137 e. The summed E-state index contributed by atoms with van der Waals surface area (Å²) in [6.45, 7) is 0.672. The molecule has 0 radical (unpaired) electrons. The minimum atomic E-state index is 0.672. The summed E-state index contributed by atoms with van der Waals surface area (Å²) in [5, 5.41) is 6.48. The molecule has 112 valence electrons. The number of thiazole rings is 1. The zero-order valence-electron chi connectivity index (χ0n) is 12.5. The Morgan fingerprint density at radius 3 is 2.95 bits per heavy atom. The third-order valence-electron chi connectivity index (χ3n) is 3.41. The number of nitrogens with zero attached hydrogens (tertiary/aromatic N) is 3. The molecule has 0 aliphatic heterocycles. The fraction of sp³-hybridized carbons (Fsp3) is 0.188. The van der Waals surface area contributed by atoms with Crippen molar-refractivity contribution in [1.82, 2.24) is 15.3 Å². The number of rotatable bonds is 4. The van der Waals surface area contributed by atoms with Gasteiger partial charge in [-0.15, -0.1) is 11.3 Å². The molecule has 6 heteroatoms. The lowest BCUT2D eigenvalue weighted by Crippen LogP contribution is -2.21. The fourth-order valence-corrected chi connectivity index (χ4v) is 3.10. The number of fused-ring (bicyclic) bond motifs is 1. The Hall–Kier alpha value is -2.47. The number of aromatic nitrogens is 2. The summed E-state index contributed by atoms with van der Waals surface area (Å²) >= 11 is 1.65. The Labute approximate surface area is 133 Å². The molecule has 0 fully saturated rings. The van der Waals surface area contributed by atoms with Crippen LogP contribution in [0.1, 0.15) is 11.1 Å². The standard InChI is InChI=1S/C16H17N5S/c1-17-15(18-2)12-6-4-8-19-16(12)20-9-11-5-3-7-13-14(11)21-10-22-13/h3-8,10H,9H2,1-2H3,(H,17,18)(H,19,20). The first-order chi connectivity index (χ1) is 10.8. The van der Waals surface area contributed by atoms with E-state index in [1.165, 1.54) is 4.70 Å². The van der Waals surface area contributed by atoms with Gasteiger partial charge in [0.25, 0.3) is 0 Å². The van der Waals surface area contributed by atoms with Gasteiger partial charge in [0.1, 0.15) is 11.7 Å². The third-order valence-corrected chi connectivity index (χ3v) is 4.21. The van der Waals surface area contributed by atoms with Gasteiger partial charge in [0.15, 0.2) is 0 Å². The molecule has 1 aromatic carbocycles. The molecule has 0 amide bonds. The van der Waals surface area contributed by atoms with Gasteiger partial charge in [0, 0.05) is 26.8 Å². The van der Waals surface area contributed by atoms with Crippen LogP contribution in [0.25, 0.3) is 10.2 Å². The van der Waals surface area contributed by atoms with Crippen LogP contribution in [0.5, 0.6) is 0 Å². The van der Waals surface area contributed by atoms with Crippen LogP contribution in [-0.4, -0.2) is 29.9 Å². The van der Waals surface area contributed by atoms with E-state index in [2.05, 4.69) is 43.8 Å². The van der Waals surface area contributed by atoms with Crippen LogP contribution >= 0.6 is 11.3 Å². The van der Waals surface area contributed by atoms with E-state index in [9.17, 15) is 0 Å². The van der Waals surface area contributed by atoms with Crippen molar-refractivity contribution in [1.29, 1.82) is 0 Å². The van der Waals surface area contributed by atoms with Crippen LogP contribution in [0.15, 0.2) is 47.0 Å². The van der Waals surface area contributed by atoms with Crippen molar-refractivity contribution in [3.8, 4) is 0 Å². The fourth-order valence-electron chi connectivity index (χ4n) is 2.37. The molecular formula is C16H17N5S. The van der Waals surface area contributed by atoms with Gasteiger partial charge in [0.2, 0.25) is 0 Å². The summed E-state index contributed by atoms with van der Waals surface area (Å²) < 4.78 is 1.20. The maximum absolute atomic E-state index is 4.44. The van der Waals surface area contributed by atoms with Gasteiger partial charge in [-0.05, 0) is 23.8 Å². The van der Waals surface area contributed by atoms with Crippen LogP contribution in [0.4, 0.5) is 5.82 Å². The Kier molecular flexibility index (Phi) is 4.29. The highest BCUT2D eigenvalue weighted by molar-refractivity contribution is 7.16. The minimum Gasteiger partial charge on any atom is -0.373 e. The number of benzene rings is 1. The summed E-state index contributed by atoms with van der Waals surface area (Å²) in [5.74, 6) is 1.62. The van der Waals surface area contributed by atoms with E-state index >= 15 is 0 Å². The van der Waals surface area contributed by atoms with Crippen molar-refractivity contribution >= 4 is 33.2 Å². The molecule has 0 atom stereocenters. The summed E-state index contributed by atoms with van der Waals surface area (Å²) in [5.41, 5.74) is 5.05. The van der Waals surface area contributed by atoms with Gasteiger partial charge in [-0.3, -0.25) is 4.99 Å². The number of hydrogen-bond acceptors (Lipinski definition) is 5. The van der Waals surface area contributed by atoms with Crippen LogP contribution in [0.2, 0.25) is 0 Å². The van der Waals surface area contributed by atoms with Crippen LogP contribution < -0.4 is 10.6 Å². The SMILES string of the molecule is CN=C(NC)c1cccnc1NCc1cccc2scnc12. The number of para-hydroxylation sites is 1. The first-order valence-electron chi connectivity index (χ1n) is 6.98. The second-order valence-electron chi connectivity index (χ2n) is 4.69. The Balaban J connectivity index is 1.87. The Morgan fingerprint density at radius 1 is 1.23 bits per heavy atom. The molecule has 0 saturated carbocycles. The van der Waals surface area contributed by atoms with E-state index in [0.717, 1.165) is 28.3 Å². The van der Waals surface area contributed by atoms with Crippen molar-refractivity contribution < 1.29 is 0 Å². The van der Waals surface area contributed by atoms with Crippen LogP contribution in [0.3, 0.4) is 0 Å². The van der Waals surface area contributed by atoms with Gasteiger partial charge < -0.3 is 10.6 Å². The van der Waals surface area contributed by atoms with E-state index in [1.54, 1.807) is 24.6 Å². The van der Waals surface area contributed by atoms with E-state index in [1.807, 2.05) is 24.7 Å². The summed E-state index contributed by atoms with van der Waals surface area (Å²) in [7, 11) is 3.62. The average Bonchev–Trinajstić information content (AvgIpc) is 3.04. The van der Waals surface area contributed by atoms with Crippen LogP contribution in [-0.2, 0) is 6.54 Å². The number of anilines is 1. The predicted octanol–water partition coefficient (Wildman–Crippen LogP) is 2.90. The second kappa shape index (κ2) is 6.53. The Bertz CT molecular complexity index is 809. The largest absolute Gasteiger partial charge is 0.373 e. The number of hydrogen-bond donors (Lipinski definition) is 2. The molecule has 0 unspecified atom stereocenters. The molecule has 3 aromatic rings. The number of aliphatic imine (C=N–C) groups is 1. The summed E-state index contributed by atoms with van der Waals surface area (Å²) in [6, 6.07) is 10.1. The van der Waals surface area contributed by atoms with E-state index in [0.29, 0.717) is 6.54 Å². The zero-order valence-corrected chi connectivity index (χ0v) is 13.3. The van der Waals surface area contributed by atoms with Gasteiger partial charge in [-0.2, -0.15) is 0 Å². The molecule has 0 saturated heterocycles. The molecule has 0 bridgehead atoms. The molecule has 0 aliphatic carbocycles. The normalized spacial score (nSPS) is 11.6. The molecule has 22 heavy (non-hydrogen) atoms. The monoisotopic (exact) mass is 311 g/mol. The predicted molar refractivity (Wildman–Crippen MR) is 92.7 cm³/mol. The quantitative estimate of drug-likeness (QED) is 0.574. The molecule has 2 aromatic heterocycles. The van der Waals surface area contributed by atoms with Gasteiger partial charge >= 0.3 is 0 Å². The maximum atomic E-state index is 4.44. The van der Waals surface area contributed by atoms with E-state index < -0.39 is 0 Å². The van der Waals surface area contributed by atoms with Crippen molar-refractivity contribution in [2.24, 2.45) is 4.99 Å². The molecule has 0 spiro atoms. The molecule has 5 nitrogen and oxygen atoms in total. The van der Waals surface area contributed by atoms with Crippen molar-refractivity contribution in [3.05, 3.63) is 53.2 Å². The van der Waals surface area contributed by atoms with Gasteiger partial charge in [-0.25, -0.2) is 9.97 Å². The summed E-state index contributed by atoms with van der Waals surface area (Å²) in [6.07, 6.45) is 1.78. The van der Waals surface area contributed by atoms with E-state index in [4.69, 9.17) is 0 Å². The van der Waals surface area contributed by atoms with Gasteiger partial charge in [-0.1, -0.05) is 12.1 Å². The van der Waals surface area contributed by atoms with Crippen molar-refractivity contribution in [2.75, 3.05) is 19.4 Å². The lowest BCUT2D eigenvalue weighted by atomic mass is 10.2. The average molecular weight is 311 g/mol. The first-order valence-corrected chi connectivity index (χ1v) is 7.86. The molecule has 3 rings (SSSR count). The highest BCUT2D eigenvalue weighted by Crippen LogP contribution is 2.22. The summed E-state index contributed by atoms with van der Waals surface area (Å²) in [4.78, 5) is 13.1. The second-order valence-corrected chi connectivity index (χ2v) is 5.58. The van der Waals surface area contributed by atoms with E-state index in [-0.39, 0.29) is 0 Å².